The summed E-state index contributed by atoms with van der Waals surface area (Å²) in [5.41, 5.74) is 1.09. The van der Waals surface area contributed by atoms with Crippen LogP contribution in [0.3, 0.4) is 0 Å². The SMILES string of the molecule is C=COC(CC)(CC)c1ccc(C(O)(CC)CC)cc1. The highest BCUT2D eigenvalue weighted by molar-refractivity contribution is 5.31. The van der Waals surface area contributed by atoms with Crippen LogP contribution in [0.4, 0.5) is 0 Å². The summed E-state index contributed by atoms with van der Waals surface area (Å²) in [5, 5.41) is 10.6. The van der Waals surface area contributed by atoms with Gasteiger partial charge in [0.2, 0.25) is 0 Å². The molecule has 0 aliphatic carbocycles. The molecule has 1 aromatic carbocycles. The highest BCUT2D eigenvalue weighted by atomic mass is 16.5. The van der Waals surface area contributed by atoms with Crippen LogP contribution >= 0.6 is 0 Å². The molecule has 0 spiro atoms. The van der Waals surface area contributed by atoms with Gasteiger partial charge in [0, 0.05) is 0 Å². The molecule has 0 radical (unpaired) electrons. The topological polar surface area (TPSA) is 29.5 Å². The van der Waals surface area contributed by atoms with Gasteiger partial charge in [-0.15, -0.1) is 0 Å². The van der Waals surface area contributed by atoms with Crippen molar-refractivity contribution in [1.82, 2.24) is 0 Å². The molecular formula is C18H28O2. The first-order valence-corrected chi connectivity index (χ1v) is 7.64. The maximum atomic E-state index is 10.6. The van der Waals surface area contributed by atoms with Crippen molar-refractivity contribution >= 4 is 0 Å². The molecule has 0 aliphatic heterocycles. The van der Waals surface area contributed by atoms with Crippen LogP contribution < -0.4 is 0 Å². The molecule has 0 aromatic heterocycles. The number of benzene rings is 1. The zero-order valence-electron chi connectivity index (χ0n) is 13.3. The van der Waals surface area contributed by atoms with Crippen LogP contribution in [0.5, 0.6) is 0 Å². The third-order valence-electron chi connectivity index (χ3n) is 4.57. The Balaban J connectivity index is 3.15. The van der Waals surface area contributed by atoms with E-state index < -0.39 is 5.60 Å². The third-order valence-corrected chi connectivity index (χ3v) is 4.57. The average Bonchev–Trinajstić information content (AvgIpc) is 2.52. The fraction of sp³-hybridized carbons (Fsp3) is 0.556. The maximum absolute atomic E-state index is 10.6. The molecule has 0 bridgehead atoms. The average molecular weight is 276 g/mol. The van der Waals surface area contributed by atoms with Crippen molar-refractivity contribution in [3.8, 4) is 0 Å². The van der Waals surface area contributed by atoms with Gasteiger partial charge in [-0.25, -0.2) is 0 Å². The summed E-state index contributed by atoms with van der Waals surface area (Å²) in [6, 6.07) is 8.19. The second-order valence-corrected chi connectivity index (χ2v) is 5.30. The second-order valence-electron chi connectivity index (χ2n) is 5.30. The van der Waals surface area contributed by atoms with E-state index in [1.54, 1.807) is 0 Å². The van der Waals surface area contributed by atoms with Crippen LogP contribution in [-0.2, 0) is 15.9 Å². The summed E-state index contributed by atoms with van der Waals surface area (Å²) in [4.78, 5) is 0. The van der Waals surface area contributed by atoms with Gasteiger partial charge in [0.15, 0.2) is 0 Å². The molecule has 0 aliphatic rings. The molecule has 112 valence electrons. The normalized spacial score (nSPS) is 12.2. The van der Waals surface area contributed by atoms with Crippen molar-refractivity contribution in [2.24, 2.45) is 0 Å². The Labute approximate surface area is 123 Å². The van der Waals surface area contributed by atoms with Crippen molar-refractivity contribution in [1.29, 1.82) is 0 Å². The van der Waals surface area contributed by atoms with E-state index in [1.807, 2.05) is 26.0 Å². The number of hydrogen-bond donors (Lipinski definition) is 1. The van der Waals surface area contributed by atoms with Crippen LogP contribution in [0, 0.1) is 0 Å². The fourth-order valence-corrected chi connectivity index (χ4v) is 2.79. The molecule has 2 heteroatoms. The van der Waals surface area contributed by atoms with Crippen molar-refractivity contribution in [2.75, 3.05) is 0 Å². The summed E-state index contributed by atoms with van der Waals surface area (Å²) in [7, 11) is 0. The lowest BCUT2D eigenvalue weighted by molar-refractivity contribution is 0.00983. The Morgan fingerprint density at radius 2 is 1.40 bits per heavy atom. The first-order valence-electron chi connectivity index (χ1n) is 7.64. The van der Waals surface area contributed by atoms with E-state index in [0.29, 0.717) is 0 Å². The molecule has 20 heavy (non-hydrogen) atoms. The lowest BCUT2D eigenvalue weighted by Gasteiger charge is -2.32. The zero-order chi connectivity index (χ0) is 15.2. The number of hydrogen-bond acceptors (Lipinski definition) is 2. The lowest BCUT2D eigenvalue weighted by Crippen LogP contribution is -2.27. The van der Waals surface area contributed by atoms with Crippen molar-refractivity contribution in [3.63, 3.8) is 0 Å². The molecule has 0 amide bonds. The molecule has 1 N–H and O–H groups in total. The van der Waals surface area contributed by atoms with Crippen LogP contribution in [-0.4, -0.2) is 5.11 Å². The van der Waals surface area contributed by atoms with E-state index >= 15 is 0 Å². The largest absolute Gasteiger partial charge is 0.491 e. The third kappa shape index (κ3) is 3.06. The first-order chi connectivity index (χ1) is 9.51. The summed E-state index contributed by atoms with van der Waals surface area (Å²) >= 11 is 0. The predicted molar refractivity (Wildman–Crippen MR) is 84.5 cm³/mol. The molecular weight excluding hydrogens is 248 g/mol. The second kappa shape index (κ2) is 6.94. The zero-order valence-corrected chi connectivity index (χ0v) is 13.3. The molecule has 0 atom stereocenters. The fourth-order valence-electron chi connectivity index (χ4n) is 2.79. The van der Waals surface area contributed by atoms with Gasteiger partial charge in [-0.1, -0.05) is 58.5 Å². The first kappa shape index (κ1) is 16.8. The summed E-state index contributed by atoms with van der Waals surface area (Å²) in [6.45, 7) is 12.0. The Hall–Kier alpha value is -1.28. The quantitative estimate of drug-likeness (QED) is 0.686. The Kier molecular flexibility index (Phi) is 5.82. The van der Waals surface area contributed by atoms with Gasteiger partial charge in [0.1, 0.15) is 5.60 Å². The molecule has 1 rings (SSSR count). The molecule has 0 unspecified atom stereocenters. The summed E-state index contributed by atoms with van der Waals surface area (Å²) < 4.78 is 5.79. The molecule has 0 saturated heterocycles. The molecule has 1 aromatic rings. The minimum atomic E-state index is -0.723. The van der Waals surface area contributed by atoms with Gasteiger partial charge in [-0.3, -0.25) is 0 Å². The van der Waals surface area contributed by atoms with E-state index in [0.717, 1.165) is 36.8 Å². The minimum absolute atomic E-state index is 0.309. The van der Waals surface area contributed by atoms with Gasteiger partial charge in [-0.2, -0.15) is 0 Å². The molecule has 0 fully saturated rings. The van der Waals surface area contributed by atoms with E-state index in [2.05, 4.69) is 32.6 Å². The minimum Gasteiger partial charge on any atom is -0.491 e. The van der Waals surface area contributed by atoms with E-state index in [-0.39, 0.29) is 5.60 Å². The van der Waals surface area contributed by atoms with Crippen molar-refractivity contribution < 1.29 is 9.84 Å². The van der Waals surface area contributed by atoms with Crippen LogP contribution in [0.25, 0.3) is 0 Å². The lowest BCUT2D eigenvalue weighted by atomic mass is 9.84. The Bertz CT molecular complexity index is 412. The van der Waals surface area contributed by atoms with Gasteiger partial charge in [0.25, 0.3) is 0 Å². The molecule has 2 nitrogen and oxygen atoms in total. The smallest absolute Gasteiger partial charge is 0.132 e. The standard InChI is InChI=1S/C18H28O2/c1-6-17(19,7-2)15-11-13-16(14-12-15)18(8-3,9-4)20-10-5/h10-14,19H,5-9H2,1-4H3. The number of rotatable bonds is 8. The number of aliphatic hydroxyl groups is 1. The Morgan fingerprint density at radius 1 is 0.950 bits per heavy atom. The predicted octanol–water partition coefficient (Wildman–Crippen LogP) is 4.87. The highest BCUT2D eigenvalue weighted by Crippen LogP contribution is 2.35. The van der Waals surface area contributed by atoms with Gasteiger partial charge >= 0.3 is 0 Å². The summed E-state index contributed by atoms with van der Waals surface area (Å²) in [5.74, 6) is 0. The van der Waals surface area contributed by atoms with Crippen LogP contribution in [0.15, 0.2) is 37.1 Å². The number of ether oxygens (including phenoxy) is 1. The van der Waals surface area contributed by atoms with Crippen molar-refractivity contribution in [2.45, 2.75) is 64.6 Å². The molecule has 0 heterocycles. The van der Waals surface area contributed by atoms with Crippen molar-refractivity contribution in [3.05, 3.63) is 48.2 Å². The Morgan fingerprint density at radius 3 is 1.75 bits per heavy atom. The van der Waals surface area contributed by atoms with Crippen LogP contribution in [0.2, 0.25) is 0 Å². The van der Waals surface area contributed by atoms with Gasteiger partial charge < -0.3 is 9.84 Å². The van der Waals surface area contributed by atoms with E-state index in [9.17, 15) is 5.11 Å². The maximum Gasteiger partial charge on any atom is 0.132 e. The van der Waals surface area contributed by atoms with E-state index in [4.69, 9.17) is 4.74 Å². The monoisotopic (exact) mass is 276 g/mol. The van der Waals surface area contributed by atoms with Gasteiger partial charge in [-0.05, 0) is 36.8 Å². The van der Waals surface area contributed by atoms with Crippen LogP contribution in [0.1, 0.15) is 64.5 Å². The van der Waals surface area contributed by atoms with Gasteiger partial charge in [0.05, 0.1) is 11.9 Å². The van der Waals surface area contributed by atoms with E-state index in [1.165, 1.54) is 6.26 Å². The highest BCUT2D eigenvalue weighted by Gasteiger charge is 2.30. The summed E-state index contributed by atoms with van der Waals surface area (Å²) in [6.07, 6.45) is 4.74. The molecule has 0 saturated carbocycles.